The number of aromatic nitrogens is 1. The van der Waals surface area contributed by atoms with Gasteiger partial charge in [0, 0.05) is 28.6 Å². The average Bonchev–Trinajstić information content (AvgIpc) is 3.12. The van der Waals surface area contributed by atoms with Crippen molar-refractivity contribution >= 4 is 23.0 Å². The molecule has 2 aliphatic rings. The summed E-state index contributed by atoms with van der Waals surface area (Å²) in [7, 11) is 0. The lowest BCUT2D eigenvalue weighted by Crippen LogP contribution is -2.20. The number of para-hydroxylation sites is 1. The minimum absolute atomic E-state index is 0.1000. The van der Waals surface area contributed by atoms with Crippen LogP contribution >= 0.6 is 0 Å². The summed E-state index contributed by atoms with van der Waals surface area (Å²) >= 11 is 0. The van der Waals surface area contributed by atoms with E-state index in [2.05, 4.69) is 15.5 Å². The fourth-order valence-corrected chi connectivity index (χ4v) is 3.82. The molecule has 0 aliphatic heterocycles. The molecule has 1 aromatic heterocycles. The SMILES string of the molecule is O=C(N/N=C/c1c[nH]c2ccccc12)C1[C@H]2CCCC[C@H]12. The number of nitrogens with zero attached hydrogens (tertiary/aromatic N) is 1. The lowest BCUT2D eigenvalue weighted by molar-refractivity contribution is -0.122. The summed E-state index contributed by atoms with van der Waals surface area (Å²) in [5.74, 6) is 1.57. The van der Waals surface area contributed by atoms with Gasteiger partial charge >= 0.3 is 0 Å². The van der Waals surface area contributed by atoms with E-state index in [1.165, 1.54) is 25.7 Å². The number of amides is 1. The largest absolute Gasteiger partial charge is 0.361 e. The number of H-pyrrole nitrogens is 1. The van der Waals surface area contributed by atoms with Crippen LogP contribution in [0.3, 0.4) is 0 Å². The van der Waals surface area contributed by atoms with Crippen LogP contribution in [0.25, 0.3) is 10.9 Å². The third-order valence-electron chi connectivity index (χ3n) is 4.96. The molecule has 0 spiro atoms. The molecule has 108 valence electrons. The maximum atomic E-state index is 12.1. The number of fused-ring (bicyclic) bond motifs is 2. The molecule has 0 bridgehead atoms. The zero-order valence-electron chi connectivity index (χ0n) is 11.9. The van der Waals surface area contributed by atoms with Crippen molar-refractivity contribution in [1.29, 1.82) is 0 Å². The van der Waals surface area contributed by atoms with Gasteiger partial charge in [0.2, 0.25) is 5.91 Å². The first kappa shape index (κ1) is 12.6. The number of rotatable bonds is 3. The zero-order chi connectivity index (χ0) is 14.2. The highest BCUT2D eigenvalue weighted by atomic mass is 16.2. The average molecular weight is 281 g/mol. The molecule has 2 atom stereocenters. The van der Waals surface area contributed by atoms with Crippen LogP contribution in [0, 0.1) is 17.8 Å². The molecule has 4 nitrogen and oxygen atoms in total. The molecule has 2 aliphatic carbocycles. The van der Waals surface area contributed by atoms with Crippen molar-refractivity contribution in [2.75, 3.05) is 0 Å². The highest BCUT2D eigenvalue weighted by Gasteiger charge is 2.54. The monoisotopic (exact) mass is 281 g/mol. The molecular weight excluding hydrogens is 262 g/mol. The Labute approximate surface area is 123 Å². The molecule has 2 aromatic rings. The van der Waals surface area contributed by atoms with Crippen LogP contribution < -0.4 is 5.43 Å². The maximum Gasteiger partial charge on any atom is 0.243 e. The van der Waals surface area contributed by atoms with E-state index >= 15 is 0 Å². The van der Waals surface area contributed by atoms with Crippen molar-refractivity contribution in [2.24, 2.45) is 22.9 Å². The van der Waals surface area contributed by atoms with Crippen LogP contribution in [0.4, 0.5) is 0 Å². The van der Waals surface area contributed by atoms with Crippen molar-refractivity contribution in [2.45, 2.75) is 25.7 Å². The van der Waals surface area contributed by atoms with Crippen molar-refractivity contribution in [3.63, 3.8) is 0 Å². The highest BCUT2D eigenvalue weighted by Crippen LogP contribution is 2.55. The van der Waals surface area contributed by atoms with Gasteiger partial charge in [-0.1, -0.05) is 31.0 Å². The van der Waals surface area contributed by atoms with Crippen LogP contribution in [0.2, 0.25) is 0 Å². The number of hydrogen-bond acceptors (Lipinski definition) is 2. The van der Waals surface area contributed by atoms with Gasteiger partial charge in [0.1, 0.15) is 0 Å². The Bertz CT molecular complexity index is 691. The summed E-state index contributed by atoms with van der Waals surface area (Å²) in [6.45, 7) is 0. The molecular formula is C17H19N3O. The number of carbonyl (C=O) groups excluding carboxylic acids is 1. The molecule has 4 rings (SSSR count). The van der Waals surface area contributed by atoms with Gasteiger partial charge in [-0.25, -0.2) is 5.43 Å². The van der Waals surface area contributed by atoms with Gasteiger partial charge in [0.25, 0.3) is 0 Å². The Balaban J connectivity index is 1.41. The molecule has 2 saturated carbocycles. The number of aromatic amines is 1. The second-order valence-electron chi connectivity index (χ2n) is 6.16. The molecule has 21 heavy (non-hydrogen) atoms. The van der Waals surface area contributed by atoms with E-state index in [9.17, 15) is 4.79 Å². The summed E-state index contributed by atoms with van der Waals surface area (Å²) in [6.07, 6.45) is 8.64. The lowest BCUT2D eigenvalue weighted by atomic mass is 10.0. The zero-order valence-corrected chi connectivity index (χ0v) is 11.9. The third kappa shape index (κ3) is 2.24. The third-order valence-corrected chi connectivity index (χ3v) is 4.96. The van der Waals surface area contributed by atoms with E-state index in [0.717, 1.165) is 16.5 Å². The summed E-state index contributed by atoms with van der Waals surface area (Å²) in [5.41, 5.74) is 4.80. The van der Waals surface area contributed by atoms with E-state index in [1.807, 2.05) is 30.5 Å². The molecule has 0 unspecified atom stereocenters. The first-order valence-electron chi connectivity index (χ1n) is 7.73. The van der Waals surface area contributed by atoms with Gasteiger partial charge in [-0.15, -0.1) is 0 Å². The van der Waals surface area contributed by atoms with Crippen LogP contribution in [0.15, 0.2) is 35.6 Å². The topological polar surface area (TPSA) is 57.2 Å². The van der Waals surface area contributed by atoms with Crippen molar-refractivity contribution in [3.05, 3.63) is 36.0 Å². The van der Waals surface area contributed by atoms with E-state index in [4.69, 9.17) is 0 Å². The predicted octanol–water partition coefficient (Wildman–Crippen LogP) is 3.05. The van der Waals surface area contributed by atoms with Crippen molar-refractivity contribution in [3.8, 4) is 0 Å². The number of nitrogens with one attached hydrogen (secondary N) is 2. The Morgan fingerprint density at radius 1 is 1.24 bits per heavy atom. The van der Waals surface area contributed by atoms with Gasteiger partial charge in [0.15, 0.2) is 0 Å². The standard InChI is InChI=1S/C17H19N3O/c21-17(16-13-6-1-2-7-14(13)16)20-19-10-11-9-18-15-8-4-3-5-12(11)15/h3-5,8-10,13-14,16,18H,1-2,6-7H2,(H,20,21)/b19-10+/t13-,14-/m0/s1. The van der Waals surface area contributed by atoms with Gasteiger partial charge in [0.05, 0.1) is 6.21 Å². The molecule has 2 N–H and O–H groups in total. The Kier molecular flexibility index (Phi) is 3.02. The van der Waals surface area contributed by atoms with Crippen LogP contribution in [0.5, 0.6) is 0 Å². The minimum Gasteiger partial charge on any atom is -0.361 e. The van der Waals surface area contributed by atoms with Crippen LogP contribution in [-0.4, -0.2) is 17.1 Å². The lowest BCUT2D eigenvalue weighted by Gasteiger charge is -2.04. The van der Waals surface area contributed by atoms with Gasteiger partial charge in [-0.2, -0.15) is 5.10 Å². The number of hydrogen-bond donors (Lipinski definition) is 2. The summed E-state index contributed by atoms with van der Waals surface area (Å²) < 4.78 is 0. The number of hydrazone groups is 1. The Morgan fingerprint density at radius 2 is 2.00 bits per heavy atom. The van der Waals surface area contributed by atoms with Crippen molar-refractivity contribution < 1.29 is 4.79 Å². The molecule has 1 heterocycles. The molecule has 1 amide bonds. The molecule has 0 saturated heterocycles. The molecule has 4 heteroatoms. The Morgan fingerprint density at radius 3 is 2.81 bits per heavy atom. The maximum absolute atomic E-state index is 12.1. The van der Waals surface area contributed by atoms with E-state index < -0.39 is 0 Å². The summed E-state index contributed by atoms with van der Waals surface area (Å²) in [5, 5.41) is 5.26. The van der Waals surface area contributed by atoms with E-state index in [0.29, 0.717) is 11.8 Å². The van der Waals surface area contributed by atoms with Gasteiger partial charge in [-0.3, -0.25) is 4.79 Å². The van der Waals surface area contributed by atoms with Crippen LogP contribution in [-0.2, 0) is 4.79 Å². The quantitative estimate of drug-likeness (QED) is 0.659. The first-order valence-corrected chi connectivity index (χ1v) is 7.73. The predicted molar refractivity (Wildman–Crippen MR) is 83.0 cm³/mol. The smallest absolute Gasteiger partial charge is 0.243 e. The fourth-order valence-electron chi connectivity index (χ4n) is 3.82. The number of carbonyl (C=O) groups is 1. The fraction of sp³-hybridized carbons (Fsp3) is 0.412. The molecule has 1 aromatic carbocycles. The van der Waals surface area contributed by atoms with Gasteiger partial charge in [-0.05, 0) is 30.7 Å². The number of benzene rings is 1. The normalized spacial score (nSPS) is 27.7. The van der Waals surface area contributed by atoms with E-state index in [1.54, 1.807) is 6.21 Å². The second kappa shape index (κ2) is 5.02. The minimum atomic E-state index is 0.1000. The molecule has 0 radical (unpaired) electrons. The highest BCUT2D eigenvalue weighted by molar-refractivity contribution is 5.99. The van der Waals surface area contributed by atoms with Gasteiger partial charge < -0.3 is 4.98 Å². The Hall–Kier alpha value is -2.10. The first-order chi connectivity index (χ1) is 10.3. The molecule has 2 fully saturated rings. The van der Waals surface area contributed by atoms with Crippen LogP contribution in [0.1, 0.15) is 31.2 Å². The summed E-state index contributed by atoms with van der Waals surface area (Å²) in [4.78, 5) is 15.3. The second-order valence-corrected chi connectivity index (χ2v) is 6.16. The summed E-state index contributed by atoms with van der Waals surface area (Å²) in [6, 6.07) is 8.07. The van der Waals surface area contributed by atoms with Crippen molar-refractivity contribution in [1.82, 2.24) is 10.4 Å². The van der Waals surface area contributed by atoms with E-state index in [-0.39, 0.29) is 11.8 Å².